The van der Waals surface area contributed by atoms with E-state index in [9.17, 15) is 22.4 Å². The van der Waals surface area contributed by atoms with Crippen LogP contribution >= 0.6 is 0 Å². The van der Waals surface area contributed by atoms with Crippen molar-refractivity contribution in [3.05, 3.63) is 59.7 Å². The second-order valence-electron chi connectivity index (χ2n) is 10.3. The molecule has 2 aromatic carbocycles. The van der Waals surface area contributed by atoms with Crippen LogP contribution in [0, 0.1) is 24.2 Å². The molecule has 33 heavy (non-hydrogen) atoms. The molecular weight excluding hydrogens is 434 g/mol. The van der Waals surface area contributed by atoms with Gasteiger partial charge in [-0.2, -0.15) is 17.6 Å². The number of alkyl halides is 4. The summed E-state index contributed by atoms with van der Waals surface area (Å²) in [6.45, 7) is 2.06. The second-order valence-corrected chi connectivity index (χ2v) is 10.3. The van der Waals surface area contributed by atoms with Crippen molar-refractivity contribution < 1.29 is 27.1 Å². The number of nitrogens with one attached hydrogen (secondary N) is 1. The number of hydrogen-bond donors (Lipinski definition) is 1. The van der Waals surface area contributed by atoms with E-state index in [1.165, 1.54) is 29.3 Å². The predicted molar refractivity (Wildman–Crippen MR) is 117 cm³/mol. The van der Waals surface area contributed by atoms with Gasteiger partial charge >= 0.3 is 12.5 Å². The smallest absolute Gasteiger partial charge is 0.428 e. The molecule has 1 N–H and O–H groups in total. The molecule has 2 aromatic rings. The summed E-state index contributed by atoms with van der Waals surface area (Å²) in [6.07, 6.45) is -2.80. The first-order valence-corrected chi connectivity index (χ1v) is 11.4. The summed E-state index contributed by atoms with van der Waals surface area (Å²) in [6, 6.07) is 13.9. The Morgan fingerprint density at radius 2 is 1.73 bits per heavy atom. The first kappa shape index (κ1) is 22.2. The van der Waals surface area contributed by atoms with E-state index in [1.807, 2.05) is 0 Å². The van der Waals surface area contributed by atoms with Crippen molar-refractivity contribution in [3.8, 4) is 5.75 Å². The molecule has 0 radical (unpaired) electrons. The quantitative estimate of drug-likeness (QED) is 0.486. The number of rotatable bonds is 6. The minimum Gasteiger partial charge on any atom is -0.428 e. The summed E-state index contributed by atoms with van der Waals surface area (Å²) in [5.41, 5.74) is 2.24. The number of benzene rings is 2. The minimum atomic E-state index is -4.59. The van der Waals surface area contributed by atoms with E-state index in [2.05, 4.69) is 41.2 Å². The maximum atomic E-state index is 13.6. The number of anilines is 1. The summed E-state index contributed by atoms with van der Waals surface area (Å²) in [4.78, 5) is 13.6. The summed E-state index contributed by atoms with van der Waals surface area (Å²) < 4.78 is 55.8. The van der Waals surface area contributed by atoms with Gasteiger partial charge in [0.1, 0.15) is 5.75 Å². The molecule has 0 aromatic heterocycles. The minimum absolute atomic E-state index is 0.0145. The number of hydrogen-bond acceptors (Lipinski definition) is 2. The number of carbonyl (C=O) groups excluding carboxylic acids is 1. The van der Waals surface area contributed by atoms with Gasteiger partial charge in [-0.25, -0.2) is 0 Å². The molecule has 0 unspecified atom stereocenters. The van der Waals surface area contributed by atoms with Gasteiger partial charge in [-0.15, -0.1) is 0 Å². The Morgan fingerprint density at radius 1 is 1.06 bits per heavy atom. The van der Waals surface area contributed by atoms with E-state index < -0.39 is 23.7 Å². The van der Waals surface area contributed by atoms with Crippen molar-refractivity contribution in [2.45, 2.75) is 63.4 Å². The van der Waals surface area contributed by atoms with Crippen LogP contribution in [0.25, 0.3) is 0 Å². The average Bonchev–Trinajstić information content (AvgIpc) is 2.73. The lowest BCUT2D eigenvalue weighted by Gasteiger charge is -2.61. The normalized spacial score (nSPS) is 30.5. The highest BCUT2D eigenvalue weighted by Crippen LogP contribution is 2.66. The molecule has 0 saturated heterocycles. The van der Waals surface area contributed by atoms with Crippen LogP contribution in [0.2, 0.25) is 0 Å². The second kappa shape index (κ2) is 7.74. The third kappa shape index (κ3) is 4.00. The fourth-order valence-corrected chi connectivity index (χ4v) is 6.88. The first-order chi connectivity index (χ1) is 15.6. The van der Waals surface area contributed by atoms with Gasteiger partial charge in [0, 0.05) is 11.8 Å². The van der Waals surface area contributed by atoms with Crippen molar-refractivity contribution in [1.29, 1.82) is 0 Å². The molecule has 4 bridgehead atoms. The number of ether oxygens (including phenoxy) is 1. The van der Waals surface area contributed by atoms with E-state index in [1.54, 1.807) is 6.07 Å². The summed E-state index contributed by atoms with van der Waals surface area (Å²) in [5.74, 6) is 0.431. The Hall–Kier alpha value is -2.57. The molecule has 0 heterocycles. The molecule has 4 saturated carbocycles. The molecule has 0 spiro atoms. The molecule has 2 atom stereocenters. The maximum absolute atomic E-state index is 13.6. The largest absolute Gasteiger partial charge is 0.461 e. The molecule has 1 amide bonds. The Morgan fingerprint density at radius 3 is 2.36 bits per heavy atom. The lowest BCUT2D eigenvalue weighted by Crippen LogP contribution is -2.57. The molecule has 4 aliphatic rings. The highest BCUT2D eigenvalue weighted by atomic mass is 19.3. The molecule has 3 nitrogen and oxygen atoms in total. The maximum Gasteiger partial charge on any atom is 0.461 e. The number of carbonyl (C=O) groups is 1. The Balaban J connectivity index is 1.38. The fourth-order valence-electron chi connectivity index (χ4n) is 6.88. The molecule has 6 rings (SSSR count). The monoisotopic (exact) mass is 461 g/mol. The Kier molecular flexibility index (Phi) is 5.22. The highest BCUT2D eigenvalue weighted by Gasteiger charge is 2.60. The molecule has 7 heteroatoms. The van der Waals surface area contributed by atoms with Crippen molar-refractivity contribution in [3.63, 3.8) is 0 Å². The van der Waals surface area contributed by atoms with Crippen LogP contribution in [0.5, 0.6) is 5.75 Å². The van der Waals surface area contributed by atoms with Gasteiger partial charge < -0.3 is 10.1 Å². The predicted octanol–water partition coefficient (Wildman–Crippen LogP) is 6.71. The van der Waals surface area contributed by atoms with E-state index in [0.29, 0.717) is 11.8 Å². The fraction of sp³-hybridized carbons (Fsp3) is 0.500. The van der Waals surface area contributed by atoms with Gasteiger partial charge in [0.25, 0.3) is 0 Å². The van der Waals surface area contributed by atoms with Gasteiger partial charge in [-0.05, 0) is 80.4 Å². The average molecular weight is 461 g/mol. The van der Waals surface area contributed by atoms with Crippen molar-refractivity contribution >= 4 is 11.6 Å². The standard InChI is InChI=1S/C26H27F4NO2/c1-16-5-7-19(8-6-16)24-11-17-9-18(12-24)14-25(13-17,15-24)23(32)31-20-3-2-4-21(10-20)33-26(29,30)22(27)28/h2-8,10,17-18,22H,9,11-15H2,1H3,(H,31,32)/t17-,18-,24?,25?/m0/s1. The van der Waals surface area contributed by atoms with Crippen molar-refractivity contribution in [1.82, 2.24) is 0 Å². The van der Waals surface area contributed by atoms with Crippen LogP contribution < -0.4 is 10.1 Å². The third-order valence-corrected chi connectivity index (χ3v) is 7.81. The van der Waals surface area contributed by atoms with E-state index in [4.69, 9.17) is 0 Å². The molecule has 0 aliphatic heterocycles. The van der Waals surface area contributed by atoms with Gasteiger partial charge in [-0.1, -0.05) is 35.9 Å². The van der Waals surface area contributed by atoms with Gasteiger partial charge in [0.15, 0.2) is 0 Å². The van der Waals surface area contributed by atoms with Crippen LogP contribution in [0.15, 0.2) is 48.5 Å². The Labute approximate surface area is 190 Å². The Bertz CT molecular complexity index is 1040. The summed E-state index contributed by atoms with van der Waals surface area (Å²) in [7, 11) is 0. The van der Waals surface area contributed by atoms with Gasteiger partial charge in [0.2, 0.25) is 5.91 Å². The SMILES string of the molecule is Cc1ccc(C23C[C@@H]4C[C@H](CC(C(=O)Nc5cccc(OC(F)(F)C(F)F)c5)(C4)C2)C3)cc1. The lowest BCUT2D eigenvalue weighted by molar-refractivity contribution is -0.253. The van der Waals surface area contributed by atoms with Gasteiger partial charge in [-0.3, -0.25) is 4.79 Å². The van der Waals surface area contributed by atoms with E-state index in [0.717, 1.165) is 38.5 Å². The molecule has 4 fully saturated rings. The molecule has 176 valence electrons. The topological polar surface area (TPSA) is 38.3 Å². The van der Waals surface area contributed by atoms with E-state index in [-0.39, 0.29) is 17.0 Å². The number of aryl methyl sites for hydroxylation is 1. The summed E-state index contributed by atoms with van der Waals surface area (Å²) in [5, 5.41) is 2.88. The zero-order valence-corrected chi connectivity index (χ0v) is 18.4. The highest BCUT2D eigenvalue weighted by molar-refractivity contribution is 5.96. The van der Waals surface area contributed by atoms with Crippen LogP contribution in [0.3, 0.4) is 0 Å². The lowest BCUT2D eigenvalue weighted by atomic mass is 9.42. The molecule has 4 aliphatic carbocycles. The van der Waals surface area contributed by atoms with Crippen LogP contribution in [-0.4, -0.2) is 18.4 Å². The van der Waals surface area contributed by atoms with Crippen LogP contribution in [0.4, 0.5) is 23.2 Å². The molecular formula is C26H27F4NO2. The van der Waals surface area contributed by atoms with Crippen LogP contribution in [-0.2, 0) is 10.2 Å². The number of amides is 1. The summed E-state index contributed by atoms with van der Waals surface area (Å²) >= 11 is 0. The zero-order valence-electron chi connectivity index (χ0n) is 18.4. The zero-order chi connectivity index (χ0) is 23.4. The first-order valence-electron chi connectivity index (χ1n) is 11.4. The van der Waals surface area contributed by atoms with Gasteiger partial charge in [0.05, 0.1) is 5.41 Å². The third-order valence-electron chi connectivity index (χ3n) is 7.81. The van der Waals surface area contributed by atoms with Crippen LogP contribution in [0.1, 0.15) is 49.7 Å². The van der Waals surface area contributed by atoms with Crippen molar-refractivity contribution in [2.75, 3.05) is 5.32 Å². The van der Waals surface area contributed by atoms with Crippen molar-refractivity contribution in [2.24, 2.45) is 17.3 Å². The number of halogens is 4. The van der Waals surface area contributed by atoms with E-state index >= 15 is 0 Å².